The van der Waals surface area contributed by atoms with E-state index in [-0.39, 0.29) is 18.2 Å². The van der Waals surface area contributed by atoms with Crippen molar-refractivity contribution in [2.45, 2.75) is 44.2 Å². The number of carboxylic acids is 1. The van der Waals surface area contributed by atoms with Crippen molar-refractivity contribution in [3.05, 3.63) is 0 Å². The minimum atomic E-state index is -0.799. The van der Waals surface area contributed by atoms with Gasteiger partial charge >= 0.3 is 5.97 Å². The number of rotatable bonds is 5. The van der Waals surface area contributed by atoms with E-state index in [1.165, 1.54) is 6.42 Å². The Balaban J connectivity index is 1.77. The topological polar surface area (TPSA) is 69.6 Å². The van der Waals surface area contributed by atoms with Crippen molar-refractivity contribution in [2.75, 3.05) is 13.6 Å². The molecule has 2 aliphatic rings. The monoisotopic (exact) mass is 240 g/mol. The lowest BCUT2D eigenvalue weighted by atomic mass is 9.88. The molecule has 0 aliphatic carbocycles. The van der Waals surface area contributed by atoms with E-state index in [0.29, 0.717) is 25.0 Å². The Morgan fingerprint density at radius 3 is 2.71 bits per heavy atom. The van der Waals surface area contributed by atoms with E-state index in [4.69, 9.17) is 5.11 Å². The van der Waals surface area contributed by atoms with Gasteiger partial charge in [0.05, 0.1) is 5.92 Å². The third-order valence-corrected chi connectivity index (χ3v) is 3.88. The molecule has 2 saturated heterocycles. The minimum absolute atomic E-state index is 0.114. The van der Waals surface area contributed by atoms with E-state index in [1.54, 1.807) is 11.9 Å². The maximum atomic E-state index is 12.1. The quantitative estimate of drug-likeness (QED) is 0.732. The molecule has 5 nitrogen and oxygen atoms in total. The lowest BCUT2D eigenvalue weighted by Gasteiger charge is -2.25. The molecule has 0 aromatic heterocycles. The van der Waals surface area contributed by atoms with Gasteiger partial charge in [-0.25, -0.2) is 0 Å². The lowest BCUT2D eigenvalue weighted by Crippen LogP contribution is -2.39. The van der Waals surface area contributed by atoms with Crippen LogP contribution in [0.4, 0.5) is 0 Å². The number of carboxylic acid groups (broad SMARTS) is 1. The molecule has 0 radical (unpaired) electrons. The summed E-state index contributed by atoms with van der Waals surface area (Å²) in [6, 6.07) is 0.885. The number of hydrogen-bond donors (Lipinski definition) is 2. The molecule has 0 spiro atoms. The number of nitrogens with zero attached hydrogens (tertiary/aromatic N) is 1. The highest BCUT2D eigenvalue weighted by atomic mass is 16.4. The molecule has 96 valence electrons. The molecule has 3 atom stereocenters. The van der Waals surface area contributed by atoms with Crippen molar-refractivity contribution >= 4 is 11.9 Å². The zero-order chi connectivity index (χ0) is 12.4. The normalized spacial score (nSPS) is 30.5. The molecular formula is C12H20N2O3. The van der Waals surface area contributed by atoms with Crippen molar-refractivity contribution in [3.63, 3.8) is 0 Å². The Kier molecular flexibility index (Phi) is 3.66. The van der Waals surface area contributed by atoms with Gasteiger partial charge < -0.3 is 15.3 Å². The van der Waals surface area contributed by atoms with Gasteiger partial charge in [-0.3, -0.25) is 9.59 Å². The largest absolute Gasteiger partial charge is 0.481 e. The first kappa shape index (κ1) is 12.4. The summed E-state index contributed by atoms with van der Waals surface area (Å²) in [7, 11) is 1.77. The number of carbonyl (C=O) groups excluding carboxylic acids is 1. The molecule has 3 unspecified atom stereocenters. The molecule has 0 aromatic rings. The molecule has 5 heteroatoms. The van der Waals surface area contributed by atoms with Crippen molar-refractivity contribution in [1.29, 1.82) is 0 Å². The van der Waals surface area contributed by atoms with Crippen LogP contribution < -0.4 is 5.32 Å². The number of fused-ring (bicyclic) bond motifs is 2. The Bertz CT molecular complexity index is 319. The van der Waals surface area contributed by atoms with Crippen molar-refractivity contribution in [1.82, 2.24) is 10.2 Å². The van der Waals surface area contributed by atoms with E-state index in [9.17, 15) is 9.59 Å². The van der Waals surface area contributed by atoms with E-state index >= 15 is 0 Å². The summed E-state index contributed by atoms with van der Waals surface area (Å²) < 4.78 is 0. The Morgan fingerprint density at radius 1 is 1.41 bits per heavy atom. The molecule has 1 amide bonds. The van der Waals surface area contributed by atoms with Gasteiger partial charge in [0.25, 0.3) is 0 Å². The molecule has 2 bridgehead atoms. The van der Waals surface area contributed by atoms with Crippen LogP contribution in [0.1, 0.15) is 32.1 Å². The summed E-state index contributed by atoms with van der Waals surface area (Å²) >= 11 is 0. The van der Waals surface area contributed by atoms with Crippen LogP contribution in [0.15, 0.2) is 0 Å². The zero-order valence-corrected chi connectivity index (χ0v) is 10.2. The third kappa shape index (κ3) is 2.77. The van der Waals surface area contributed by atoms with E-state index < -0.39 is 5.97 Å². The van der Waals surface area contributed by atoms with Crippen LogP contribution in [-0.2, 0) is 9.59 Å². The van der Waals surface area contributed by atoms with Gasteiger partial charge in [-0.1, -0.05) is 0 Å². The van der Waals surface area contributed by atoms with Gasteiger partial charge in [-0.05, 0) is 25.7 Å². The first-order valence-corrected chi connectivity index (χ1v) is 6.30. The summed E-state index contributed by atoms with van der Waals surface area (Å²) in [5.41, 5.74) is 0. The first-order chi connectivity index (χ1) is 8.08. The molecule has 0 aromatic carbocycles. The van der Waals surface area contributed by atoms with Gasteiger partial charge in [0.15, 0.2) is 0 Å². The fourth-order valence-electron chi connectivity index (χ4n) is 2.96. The predicted octanol–water partition coefficient (Wildman–Crippen LogP) is 0.450. The van der Waals surface area contributed by atoms with E-state index in [0.717, 1.165) is 12.8 Å². The maximum Gasteiger partial charge on any atom is 0.303 e. The van der Waals surface area contributed by atoms with Crippen LogP contribution in [-0.4, -0.2) is 47.6 Å². The molecule has 0 saturated carbocycles. The molecule has 2 N–H and O–H groups in total. The van der Waals surface area contributed by atoms with Crippen LogP contribution in [0.25, 0.3) is 0 Å². The fourth-order valence-corrected chi connectivity index (χ4v) is 2.96. The van der Waals surface area contributed by atoms with Crippen LogP contribution in [0.3, 0.4) is 0 Å². The van der Waals surface area contributed by atoms with Gasteiger partial charge in [0.1, 0.15) is 0 Å². The highest BCUT2D eigenvalue weighted by Crippen LogP contribution is 2.34. The molecule has 2 heterocycles. The predicted molar refractivity (Wildman–Crippen MR) is 62.6 cm³/mol. The fraction of sp³-hybridized carbons (Fsp3) is 0.833. The Morgan fingerprint density at radius 2 is 2.18 bits per heavy atom. The average molecular weight is 240 g/mol. The first-order valence-electron chi connectivity index (χ1n) is 6.30. The number of carbonyl (C=O) groups is 2. The number of hydrogen-bond acceptors (Lipinski definition) is 3. The number of amides is 1. The van der Waals surface area contributed by atoms with Crippen molar-refractivity contribution in [2.24, 2.45) is 5.92 Å². The summed E-state index contributed by atoms with van der Waals surface area (Å²) in [5, 5.41) is 12.0. The molecule has 2 aliphatic heterocycles. The molecule has 17 heavy (non-hydrogen) atoms. The smallest absolute Gasteiger partial charge is 0.303 e. The number of nitrogens with one attached hydrogen (secondary N) is 1. The van der Waals surface area contributed by atoms with Gasteiger partial charge in [0.2, 0.25) is 5.91 Å². The molecule has 2 rings (SSSR count). The molecular weight excluding hydrogens is 220 g/mol. The van der Waals surface area contributed by atoms with Gasteiger partial charge in [-0.2, -0.15) is 0 Å². The van der Waals surface area contributed by atoms with Crippen LogP contribution in [0.5, 0.6) is 0 Å². The summed E-state index contributed by atoms with van der Waals surface area (Å²) in [4.78, 5) is 24.2. The molecule has 2 fully saturated rings. The summed E-state index contributed by atoms with van der Waals surface area (Å²) in [6.45, 7) is 0.541. The van der Waals surface area contributed by atoms with Crippen molar-refractivity contribution in [3.8, 4) is 0 Å². The summed E-state index contributed by atoms with van der Waals surface area (Å²) in [6.07, 6.45) is 3.91. The lowest BCUT2D eigenvalue weighted by molar-refractivity contribution is -0.139. The van der Waals surface area contributed by atoms with Crippen LogP contribution in [0.2, 0.25) is 0 Å². The number of aliphatic carboxylic acids is 1. The standard InChI is InChI=1S/C12H20N2O3/c1-14(6-2-3-11(15)16)12(17)9-7-8-4-5-10(9)13-8/h8-10,13H,2-7H2,1H3,(H,15,16). The van der Waals surface area contributed by atoms with Crippen LogP contribution >= 0.6 is 0 Å². The Labute approximate surface area is 101 Å². The van der Waals surface area contributed by atoms with Gasteiger partial charge in [0, 0.05) is 32.1 Å². The van der Waals surface area contributed by atoms with E-state index in [2.05, 4.69) is 5.32 Å². The second-order valence-electron chi connectivity index (χ2n) is 5.15. The average Bonchev–Trinajstić information content (AvgIpc) is 2.88. The second kappa shape index (κ2) is 5.04. The van der Waals surface area contributed by atoms with Crippen LogP contribution in [0, 0.1) is 5.92 Å². The summed E-state index contributed by atoms with van der Waals surface area (Å²) in [5.74, 6) is -0.508. The van der Waals surface area contributed by atoms with Gasteiger partial charge in [-0.15, -0.1) is 0 Å². The highest BCUT2D eigenvalue weighted by Gasteiger charge is 2.43. The Hall–Kier alpha value is -1.10. The minimum Gasteiger partial charge on any atom is -0.481 e. The second-order valence-corrected chi connectivity index (χ2v) is 5.15. The zero-order valence-electron chi connectivity index (χ0n) is 10.2. The van der Waals surface area contributed by atoms with E-state index in [1.807, 2.05) is 0 Å². The maximum absolute atomic E-state index is 12.1. The van der Waals surface area contributed by atoms with Crippen molar-refractivity contribution < 1.29 is 14.7 Å². The SMILES string of the molecule is CN(CCCC(=O)O)C(=O)C1CC2CCC1N2. The third-order valence-electron chi connectivity index (χ3n) is 3.88. The highest BCUT2D eigenvalue weighted by molar-refractivity contribution is 5.80.